The number of carbonyl (C=O) groups excluding carboxylic acids is 1. The smallest absolute Gasteiger partial charge is 0.231 e. The third kappa shape index (κ3) is 2.71. The minimum absolute atomic E-state index is 0.107. The van der Waals surface area contributed by atoms with Gasteiger partial charge in [-0.3, -0.25) is 4.79 Å². The predicted molar refractivity (Wildman–Crippen MR) is 88.2 cm³/mol. The molecule has 1 aliphatic rings. The van der Waals surface area contributed by atoms with Crippen molar-refractivity contribution in [3.8, 4) is 11.5 Å². The lowest BCUT2D eigenvalue weighted by Crippen LogP contribution is -2.14. The number of carbonyl (C=O) groups is 1. The van der Waals surface area contributed by atoms with Gasteiger partial charge in [-0.05, 0) is 35.9 Å². The van der Waals surface area contributed by atoms with E-state index in [1.807, 2.05) is 24.4 Å². The van der Waals surface area contributed by atoms with Crippen molar-refractivity contribution in [1.29, 1.82) is 0 Å². The van der Waals surface area contributed by atoms with Crippen LogP contribution in [0.4, 0.5) is 5.69 Å². The molecule has 2 aromatic carbocycles. The monoisotopic (exact) mass is 328 g/mol. The summed E-state index contributed by atoms with van der Waals surface area (Å²) in [5, 5.41) is 4.47. The standard InChI is InChI=1S/C17H13ClN2O3/c18-11-1-3-14-13(6-11)10(8-19-14)5-17(21)20-12-2-4-15-16(7-12)23-9-22-15/h1-4,6-8,19H,5,9H2,(H,20,21). The molecule has 5 nitrogen and oxygen atoms in total. The van der Waals surface area contributed by atoms with Crippen molar-refractivity contribution < 1.29 is 14.3 Å². The van der Waals surface area contributed by atoms with Gasteiger partial charge in [0.1, 0.15) is 0 Å². The highest BCUT2D eigenvalue weighted by molar-refractivity contribution is 6.31. The van der Waals surface area contributed by atoms with Crippen LogP contribution in [0.25, 0.3) is 10.9 Å². The number of ether oxygens (including phenoxy) is 2. The molecule has 1 amide bonds. The first-order valence-corrected chi connectivity index (χ1v) is 7.52. The second kappa shape index (κ2) is 5.52. The number of benzene rings is 2. The van der Waals surface area contributed by atoms with Gasteiger partial charge in [-0.2, -0.15) is 0 Å². The highest BCUT2D eigenvalue weighted by Crippen LogP contribution is 2.34. The average molecular weight is 329 g/mol. The number of hydrogen-bond donors (Lipinski definition) is 2. The van der Waals surface area contributed by atoms with E-state index in [0.717, 1.165) is 16.5 Å². The summed E-state index contributed by atoms with van der Waals surface area (Å²) < 4.78 is 10.6. The molecular weight excluding hydrogens is 316 g/mol. The topological polar surface area (TPSA) is 63.4 Å². The molecule has 2 heterocycles. The number of hydrogen-bond acceptors (Lipinski definition) is 3. The summed E-state index contributed by atoms with van der Waals surface area (Å²) in [4.78, 5) is 15.4. The van der Waals surface area contributed by atoms with Gasteiger partial charge < -0.3 is 19.8 Å². The van der Waals surface area contributed by atoms with Crippen LogP contribution < -0.4 is 14.8 Å². The van der Waals surface area contributed by atoms with Crippen molar-refractivity contribution in [2.24, 2.45) is 0 Å². The Morgan fingerprint density at radius 1 is 1.17 bits per heavy atom. The maximum Gasteiger partial charge on any atom is 0.231 e. The summed E-state index contributed by atoms with van der Waals surface area (Å²) in [6.07, 6.45) is 2.09. The maximum atomic E-state index is 12.3. The minimum atomic E-state index is -0.107. The van der Waals surface area contributed by atoms with Crippen molar-refractivity contribution >= 4 is 34.1 Å². The number of amides is 1. The van der Waals surface area contributed by atoms with Crippen LogP contribution in [0.2, 0.25) is 5.02 Å². The molecule has 4 rings (SSSR count). The molecule has 0 spiro atoms. The summed E-state index contributed by atoms with van der Waals surface area (Å²) in [6.45, 7) is 0.211. The first-order valence-electron chi connectivity index (χ1n) is 7.14. The molecule has 116 valence electrons. The van der Waals surface area contributed by atoms with E-state index in [-0.39, 0.29) is 19.1 Å². The summed E-state index contributed by atoms with van der Waals surface area (Å²) in [7, 11) is 0. The molecule has 0 fully saturated rings. The molecule has 0 saturated heterocycles. The zero-order valence-corrected chi connectivity index (χ0v) is 12.8. The lowest BCUT2D eigenvalue weighted by Gasteiger charge is -2.06. The molecule has 1 aliphatic heterocycles. The normalized spacial score (nSPS) is 12.6. The van der Waals surface area contributed by atoms with Crippen LogP contribution in [0.1, 0.15) is 5.56 Å². The Morgan fingerprint density at radius 2 is 2.04 bits per heavy atom. The second-order valence-electron chi connectivity index (χ2n) is 5.30. The van der Waals surface area contributed by atoms with E-state index in [0.29, 0.717) is 22.2 Å². The van der Waals surface area contributed by atoms with Gasteiger partial charge >= 0.3 is 0 Å². The van der Waals surface area contributed by atoms with Gasteiger partial charge in [0.15, 0.2) is 11.5 Å². The van der Waals surface area contributed by atoms with Gasteiger partial charge in [-0.25, -0.2) is 0 Å². The number of aromatic amines is 1. The molecule has 0 saturated carbocycles. The first-order chi connectivity index (χ1) is 11.2. The van der Waals surface area contributed by atoms with Gasteiger partial charge in [-0.15, -0.1) is 0 Å². The lowest BCUT2D eigenvalue weighted by atomic mass is 10.1. The van der Waals surface area contributed by atoms with Crippen molar-refractivity contribution in [3.05, 3.63) is 53.2 Å². The average Bonchev–Trinajstić information content (AvgIpc) is 3.14. The van der Waals surface area contributed by atoms with Gasteiger partial charge in [0.25, 0.3) is 0 Å². The first kappa shape index (κ1) is 14.0. The number of aromatic nitrogens is 1. The zero-order valence-electron chi connectivity index (χ0n) is 12.1. The van der Waals surface area contributed by atoms with Crippen LogP contribution in [-0.2, 0) is 11.2 Å². The van der Waals surface area contributed by atoms with Gasteiger partial charge in [-0.1, -0.05) is 11.6 Å². The number of nitrogens with one attached hydrogen (secondary N) is 2. The van der Waals surface area contributed by atoms with Crippen LogP contribution in [-0.4, -0.2) is 17.7 Å². The molecule has 0 atom stereocenters. The number of fused-ring (bicyclic) bond motifs is 2. The third-order valence-corrected chi connectivity index (χ3v) is 3.97. The number of anilines is 1. The highest BCUT2D eigenvalue weighted by atomic mass is 35.5. The van der Waals surface area contributed by atoms with E-state index in [1.54, 1.807) is 18.2 Å². The van der Waals surface area contributed by atoms with Gasteiger partial charge in [0, 0.05) is 33.9 Å². The Bertz CT molecular complexity index is 904. The lowest BCUT2D eigenvalue weighted by molar-refractivity contribution is -0.115. The Kier molecular flexibility index (Phi) is 3.35. The van der Waals surface area contributed by atoms with Crippen LogP contribution >= 0.6 is 11.6 Å². The Labute approximate surface area is 137 Å². The summed E-state index contributed by atoms with van der Waals surface area (Å²) in [5.74, 6) is 1.22. The fourth-order valence-electron chi connectivity index (χ4n) is 2.65. The highest BCUT2D eigenvalue weighted by Gasteiger charge is 2.15. The fraction of sp³-hybridized carbons (Fsp3) is 0.118. The van der Waals surface area contributed by atoms with Crippen LogP contribution in [0, 0.1) is 0 Å². The largest absolute Gasteiger partial charge is 0.454 e. The Balaban J connectivity index is 1.52. The van der Waals surface area contributed by atoms with E-state index >= 15 is 0 Å². The quantitative estimate of drug-likeness (QED) is 0.770. The molecule has 0 aliphatic carbocycles. The van der Waals surface area contributed by atoms with Crippen molar-refractivity contribution in [3.63, 3.8) is 0 Å². The van der Waals surface area contributed by atoms with Gasteiger partial charge in [0.2, 0.25) is 12.7 Å². The Hall–Kier alpha value is -2.66. The SMILES string of the molecule is O=C(Cc1c[nH]c2ccc(Cl)cc12)Nc1ccc2c(c1)OCO2. The van der Waals surface area contributed by atoms with Crippen LogP contribution in [0.3, 0.4) is 0 Å². The summed E-state index contributed by atoms with van der Waals surface area (Å²) in [6, 6.07) is 10.9. The zero-order chi connectivity index (χ0) is 15.8. The van der Waals surface area contributed by atoms with E-state index < -0.39 is 0 Å². The van der Waals surface area contributed by atoms with Crippen molar-refractivity contribution in [1.82, 2.24) is 4.98 Å². The number of rotatable bonds is 3. The van der Waals surface area contributed by atoms with Crippen molar-refractivity contribution in [2.75, 3.05) is 12.1 Å². The predicted octanol–water partition coefficient (Wildman–Crippen LogP) is 3.73. The number of H-pyrrole nitrogens is 1. The molecular formula is C17H13ClN2O3. The molecule has 6 heteroatoms. The summed E-state index contributed by atoms with van der Waals surface area (Å²) >= 11 is 6.03. The molecule has 0 radical (unpaired) electrons. The van der Waals surface area contributed by atoms with E-state index in [1.165, 1.54) is 0 Å². The van der Waals surface area contributed by atoms with E-state index in [9.17, 15) is 4.79 Å². The molecule has 0 unspecified atom stereocenters. The van der Waals surface area contributed by atoms with E-state index in [4.69, 9.17) is 21.1 Å². The Morgan fingerprint density at radius 3 is 2.96 bits per heavy atom. The molecule has 23 heavy (non-hydrogen) atoms. The third-order valence-electron chi connectivity index (χ3n) is 3.74. The minimum Gasteiger partial charge on any atom is -0.454 e. The van der Waals surface area contributed by atoms with Crippen LogP contribution in [0.15, 0.2) is 42.6 Å². The van der Waals surface area contributed by atoms with Gasteiger partial charge in [0.05, 0.1) is 6.42 Å². The second-order valence-corrected chi connectivity index (χ2v) is 5.73. The van der Waals surface area contributed by atoms with Crippen molar-refractivity contribution in [2.45, 2.75) is 6.42 Å². The summed E-state index contributed by atoms with van der Waals surface area (Å²) in [5.41, 5.74) is 2.54. The number of halogens is 1. The molecule has 0 bridgehead atoms. The fourth-order valence-corrected chi connectivity index (χ4v) is 2.82. The molecule has 2 N–H and O–H groups in total. The van der Waals surface area contributed by atoms with Crippen LogP contribution in [0.5, 0.6) is 11.5 Å². The molecule has 1 aromatic heterocycles. The molecule has 3 aromatic rings. The van der Waals surface area contributed by atoms with E-state index in [2.05, 4.69) is 10.3 Å². The maximum absolute atomic E-state index is 12.3.